The van der Waals surface area contributed by atoms with E-state index in [-0.39, 0.29) is 12.0 Å². The van der Waals surface area contributed by atoms with Crippen LogP contribution >= 0.6 is 0 Å². The van der Waals surface area contributed by atoms with Gasteiger partial charge in [0, 0.05) is 12.1 Å². The maximum atomic E-state index is 11.5. The van der Waals surface area contributed by atoms with Crippen molar-refractivity contribution < 1.29 is 9.53 Å². The van der Waals surface area contributed by atoms with Gasteiger partial charge in [-0.05, 0) is 23.5 Å². The monoisotopic (exact) mass is 277 g/mol. The molecule has 1 unspecified atom stereocenters. The van der Waals surface area contributed by atoms with Crippen molar-refractivity contribution in [1.82, 2.24) is 5.32 Å². The SMILES string of the molecule is COC(=O)CC(Cc1ccc(C(C)C)cc1)NC(C)C. The number of nitrogens with one attached hydrogen (secondary N) is 1. The molecule has 0 saturated carbocycles. The number of hydrogen-bond donors (Lipinski definition) is 1. The van der Waals surface area contributed by atoms with Gasteiger partial charge in [-0.2, -0.15) is 0 Å². The lowest BCUT2D eigenvalue weighted by Crippen LogP contribution is -2.38. The Labute approximate surface area is 122 Å². The van der Waals surface area contributed by atoms with Gasteiger partial charge in [-0.15, -0.1) is 0 Å². The lowest BCUT2D eigenvalue weighted by molar-refractivity contribution is -0.141. The molecule has 3 nitrogen and oxygen atoms in total. The zero-order valence-corrected chi connectivity index (χ0v) is 13.3. The van der Waals surface area contributed by atoms with Crippen molar-refractivity contribution in [2.45, 2.75) is 58.5 Å². The summed E-state index contributed by atoms with van der Waals surface area (Å²) in [5, 5.41) is 3.43. The van der Waals surface area contributed by atoms with E-state index < -0.39 is 0 Å². The van der Waals surface area contributed by atoms with Crippen LogP contribution in [0.1, 0.15) is 51.2 Å². The third-order valence-electron chi connectivity index (χ3n) is 3.34. The van der Waals surface area contributed by atoms with E-state index in [4.69, 9.17) is 4.74 Å². The lowest BCUT2D eigenvalue weighted by atomic mass is 9.98. The molecular weight excluding hydrogens is 250 g/mol. The summed E-state index contributed by atoms with van der Waals surface area (Å²) in [5.41, 5.74) is 2.59. The second-order valence-corrected chi connectivity index (χ2v) is 5.90. The Morgan fingerprint density at radius 1 is 1.15 bits per heavy atom. The quantitative estimate of drug-likeness (QED) is 0.777. The largest absolute Gasteiger partial charge is 0.469 e. The van der Waals surface area contributed by atoms with Crippen LogP contribution in [0.4, 0.5) is 0 Å². The van der Waals surface area contributed by atoms with Crippen molar-refractivity contribution in [3.8, 4) is 0 Å². The third-order valence-corrected chi connectivity index (χ3v) is 3.34. The van der Waals surface area contributed by atoms with Crippen molar-refractivity contribution >= 4 is 5.97 Å². The standard InChI is InChI=1S/C17H27NO2/c1-12(2)15-8-6-14(7-9-15)10-16(18-13(3)4)11-17(19)20-5/h6-9,12-13,16,18H,10-11H2,1-5H3. The van der Waals surface area contributed by atoms with Gasteiger partial charge in [0.1, 0.15) is 0 Å². The summed E-state index contributed by atoms with van der Waals surface area (Å²) >= 11 is 0. The fraction of sp³-hybridized carbons (Fsp3) is 0.588. The van der Waals surface area contributed by atoms with E-state index in [2.05, 4.69) is 57.3 Å². The first kappa shape index (κ1) is 16.7. The lowest BCUT2D eigenvalue weighted by Gasteiger charge is -2.20. The fourth-order valence-corrected chi connectivity index (χ4v) is 2.27. The van der Waals surface area contributed by atoms with Gasteiger partial charge in [0.05, 0.1) is 13.5 Å². The molecule has 1 rings (SSSR count). The first-order valence-corrected chi connectivity index (χ1v) is 7.34. The second-order valence-electron chi connectivity index (χ2n) is 5.90. The number of carbonyl (C=O) groups excluding carboxylic acids is 1. The summed E-state index contributed by atoms with van der Waals surface area (Å²) in [4.78, 5) is 11.5. The smallest absolute Gasteiger partial charge is 0.307 e. The van der Waals surface area contributed by atoms with E-state index in [1.54, 1.807) is 0 Å². The number of carbonyl (C=O) groups is 1. The Morgan fingerprint density at radius 2 is 1.75 bits per heavy atom. The molecule has 0 saturated heterocycles. The molecule has 20 heavy (non-hydrogen) atoms. The molecule has 1 aromatic carbocycles. The summed E-state index contributed by atoms with van der Waals surface area (Å²) < 4.78 is 4.77. The summed E-state index contributed by atoms with van der Waals surface area (Å²) in [6.45, 7) is 8.56. The van der Waals surface area contributed by atoms with E-state index in [9.17, 15) is 4.79 Å². The maximum Gasteiger partial charge on any atom is 0.307 e. The van der Waals surface area contributed by atoms with Crippen molar-refractivity contribution in [1.29, 1.82) is 0 Å². The highest BCUT2D eigenvalue weighted by atomic mass is 16.5. The summed E-state index contributed by atoms with van der Waals surface area (Å²) in [7, 11) is 1.44. The molecule has 0 fully saturated rings. The first-order chi connectivity index (χ1) is 9.42. The van der Waals surface area contributed by atoms with Crippen LogP contribution in [0, 0.1) is 0 Å². The van der Waals surface area contributed by atoms with Crippen LogP contribution in [0.15, 0.2) is 24.3 Å². The average molecular weight is 277 g/mol. The van der Waals surface area contributed by atoms with Crippen LogP contribution in [0.2, 0.25) is 0 Å². The third kappa shape index (κ3) is 5.74. The molecular formula is C17H27NO2. The Hall–Kier alpha value is -1.35. The van der Waals surface area contributed by atoms with E-state index >= 15 is 0 Å². The van der Waals surface area contributed by atoms with Crippen LogP contribution in [0.5, 0.6) is 0 Å². The first-order valence-electron chi connectivity index (χ1n) is 7.34. The molecule has 0 spiro atoms. The Kier molecular flexibility index (Phi) is 6.73. The maximum absolute atomic E-state index is 11.5. The highest BCUT2D eigenvalue weighted by Gasteiger charge is 2.15. The summed E-state index contributed by atoms with van der Waals surface area (Å²) in [5.74, 6) is 0.380. The van der Waals surface area contributed by atoms with Gasteiger partial charge in [0.25, 0.3) is 0 Å². The topological polar surface area (TPSA) is 38.3 Å². The number of hydrogen-bond acceptors (Lipinski definition) is 3. The van der Waals surface area contributed by atoms with Gasteiger partial charge in [-0.25, -0.2) is 0 Å². The van der Waals surface area contributed by atoms with Crippen molar-refractivity contribution in [2.75, 3.05) is 7.11 Å². The number of benzene rings is 1. The van der Waals surface area contributed by atoms with Crippen LogP contribution < -0.4 is 5.32 Å². The highest BCUT2D eigenvalue weighted by Crippen LogP contribution is 2.16. The van der Waals surface area contributed by atoms with Crippen LogP contribution in [-0.2, 0) is 16.0 Å². The minimum absolute atomic E-state index is 0.118. The molecule has 1 aromatic rings. The Bertz CT molecular complexity index is 410. The average Bonchev–Trinajstić information content (AvgIpc) is 2.38. The van der Waals surface area contributed by atoms with Gasteiger partial charge in [0.2, 0.25) is 0 Å². The van der Waals surface area contributed by atoms with Crippen molar-refractivity contribution in [3.05, 3.63) is 35.4 Å². The van der Waals surface area contributed by atoms with E-state index in [1.807, 2.05) is 0 Å². The molecule has 112 valence electrons. The van der Waals surface area contributed by atoms with Crippen molar-refractivity contribution in [2.24, 2.45) is 0 Å². The van der Waals surface area contributed by atoms with E-state index in [0.29, 0.717) is 18.4 Å². The molecule has 0 aliphatic heterocycles. The van der Waals surface area contributed by atoms with Crippen LogP contribution in [-0.4, -0.2) is 25.2 Å². The fourth-order valence-electron chi connectivity index (χ4n) is 2.27. The number of methoxy groups -OCH3 is 1. The molecule has 0 heterocycles. The molecule has 0 aromatic heterocycles. The Morgan fingerprint density at radius 3 is 2.20 bits per heavy atom. The van der Waals surface area contributed by atoms with Crippen LogP contribution in [0.3, 0.4) is 0 Å². The minimum atomic E-state index is -0.165. The zero-order valence-electron chi connectivity index (χ0n) is 13.3. The zero-order chi connectivity index (χ0) is 15.1. The summed E-state index contributed by atoms with van der Waals surface area (Å²) in [6, 6.07) is 9.12. The second kappa shape index (κ2) is 8.05. The number of rotatable bonds is 7. The number of esters is 1. The molecule has 0 amide bonds. The van der Waals surface area contributed by atoms with Gasteiger partial charge < -0.3 is 10.1 Å². The summed E-state index contributed by atoms with van der Waals surface area (Å²) in [6.07, 6.45) is 1.24. The molecule has 0 aliphatic carbocycles. The number of ether oxygens (including phenoxy) is 1. The van der Waals surface area contributed by atoms with Gasteiger partial charge in [0.15, 0.2) is 0 Å². The molecule has 0 radical (unpaired) electrons. The van der Waals surface area contributed by atoms with Gasteiger partial charge in [-0.1, -0.05) is 52.0 Å². The normalized spacial score (nSPS) is 12.8. The Balaban J connectivity index is 2.70. The minimum Gasteiger partial charge on any atom is -0.469 e. The molecule has 0 aliphatic rings. The molecule has 1 N–H and O–H groups in total. The van der Waals surface area contributed by atoms with Gasteiger partial charge >= 0.3 is 5.97 Å². The molecule has 0 bridgehead atoms. The predicted molar refractivity (Wildman–Crippen MR) is 82.9 cm³/mol. The molecule has 1 atom stereocenters. The predicted octanol–water partition coefficient (Wildman–Crippen LogP) is 3.28. The van der Waals surface area contributed by atoms with E-state index in [1.165, 1.54) is 18.2 Å². The van der Waals surface area contributed by atoms with Crippen LogP contribution in [0.25, 0.3) is 0 Å². The van der Waals surface area contributed by atoms with Gasteiger partial charge in [-0.3, -0.25) is 4.79 Å². The van der Waals surface area contributed by atoms with Crippen molar-refractivity contribution in [3.63, 3.8) is 0 Å². The highest BCUT2D eigenvalue weighted by molar-refractivity contribution is 5.70. The van der Waals surface area contributed by atoms with E-state index in [0.717, 1.165) is 6.42 Å². The molecule has 3 heteroatoms.